The molecule has 0 saturated heterocycles. The Morgan fingerprint density at radius 1 is 0.689 bits per heavy atom. The van der Waals surface area contributed by atoms with Crippen LogP contribution >= 0.6 is 0 Å². The average Bonchev–Trinajstić information content (AvgIpc) is 3.81. The number of furan rings is 1. The minimum Gasteiger partial charge on any atom is -0.486 e. The molecule has 0 bridgehead atoms. The van der Waals surface area contributed by atoms with E-state index in [4.69, 9.17) is 9.40 Å². The molecule has 0 spiro atoms. The van der Waals surface area contributed by atoms with Crippen molar-refractivity contribution in [3.05, 3.63) is 163 Å². The minimum atomic E-state index is -1.34. The maximum absolute atomic E-state index is 6.45. The minimum absolute atomic E-state index is 0. The second-order valence-electron chi connectivity index (χ2n) is 17.6. The molecular formula is C54H50IrN4OSi-2. The van der Waals surface area contributed by atoms with Crippen molar-refractivity contribution in [1.82, 2.24) is 19.5 Å². The van der Waals surface area contributed by atoms with Gasteiger partial charge in [0.25, 0.3) is 0 Å². The number of para-hydroxylation sites is 2. The van der Waals surface area contributed by atoms with Gasteiger partial charge in [0.05, 0.1) is 36.2 Å². The quantitative estimate of drug-likeness (QED) is 0.0907. The smallest absolute Gasteiger partial charge is 0.216 e. The molecule has 1 radical (unpaired) electrons. The van der Waals surface area contributed by atoms with Crippen LogP contribution in [0.2, 0.25) is 19.6 Å². The van der Waals surface area contributed by atoms with Gasteiger partial charge in [-0.3, -0.25) is 4.98 Å². The van der Waals surface area contributed by atoms with Crippen molar-refractivity contribution in [3.8, 4) is 28.3 Å². The largest absolute Gasteiger partial charge is 0.486 e. The molecule has 4 heterocycles. The van der Waals surface area contributed by atoms with Gasteiger partial charge in [0.2, 0.25) is 5.71 Å². The van der Waals surface area contributed by atoms with Gasteiger partial charge >= 0.3 is 0 Å². The van der Waals surface area contributed by atoms with Gasteiger partial charge < -0.3 is 14.0 Å². The fraction of sp³-hybridized carbons (Fsp3) is 0.204. The molecule has 0 unspecified atom stereocenters. The Morgan fingerprint density at radius 3 is 2.08 bits per heavy atom. The first-order valence-corrected chi connectivity index (χ1v) is 24.6. The summed E-state index contributed by atoms with van der Waals surface area (Å²) in [6, 6.07) is 51.1. The normalized spacial score (nSPS) is 11.8. The number of nitrogens with zero attached hydrogens (tertiary/aromatic N) is 4. The Labute approximate surface area is 373 Å². The summed E-state index contributed by atoms with van der Waals surface area (Å²) in [5.74, 6) is 1.75. The summed E-state index contributed by atoms with van der Waals surface area (Å²) in [7, 11) is -1.34. The molecule has 10 rings (SSSR count). The van der Waals surface area contributed by atoms with E-state index in [1.165, 1.54) is 37.9 Å². The van der Waals surface area contributed by atoms with Crippen molar-refractivity contribution in [1.29, 1.82) is 0 Å². The third-order valence-corrected chi connectivity index (χ3v) is 13.4. The van der Waals surface area contributed by atoms with E-state index in [2.05, 4.69) is 171 Å². The van der Waals surface area contributed by atoms with Crippen LogP contribution in [0.25, 0.3) is 83.0 Å². The van der Waals surface area contributed by atoms with Crippen molar-refractivity contribution in [3.63, 3.8) is 0 Å². The summed E-state index contributed by atoms with van der Waals surface area (Å²) in [5, 5.41) is 8.46. The predicted octanol–water partition coefficient (Wildman–Crippen LogP) is 13.8. The molecule has 7 heteroatoms. The molecule has 61 heavy (non-hydrogen) atoms. The number of fused-ring (bicyclic) bond motifs is 7. The molecule has 0 aliphatic heterocycles. The van der Waals surface area contributed by atoms with Gasteiger partial charge in [-0.2, -0.15) is 0 Å². The van der Waals surface area contributed by atoms with Crippen LogP contribution in [0, 0.1) is 25.0 Å². The first kappa shape index (κ1) is 42.0. The van der Waals surface area contributed by atoms with Gasteiger partial charge in [-0.25, -0.2) is 4.98 Å². The van der Waals surface area contributed by atoms with Crippen molar-refractivity contribution >= 4 is 67.9 Å². The maximum Gasteiger partial charge on any atom is 0.216 e. The van der Waals surface area contributed by atoms with E-state index in [1.54, 1.807) is 0 Å². The number of pyridine rings is 2. The second kappa shape index (κ2) is 17.0. The zero-order valence-electron chi connectivity index (χ0n) is 36.1. The van der Waals surface area contributed by atoms with Crippen molar-refractivity contribution in [2.45, 2.75) is 66.6 Å². The van der Waals surface area contributed by atoms with Crippen LogP contribution < -0.4 is 5.19 Å². The van der Waals surface area contributed by atoms with Gasteiger partial charge in [0, 0.05) is 42.8 Å². The first-order valence-electron chi connectivity index (χ1n) is 21.1. The average molecular weight is 991 g/mol. The van der Waals surface area contributed by atoms with Crippen molar-refractivity contribution < 1.29 is 24.5 Å². The Morgan fingerprint density at radius 2 is 1.38 bits per heavy atom. The number of benzene rings is 6. The number of aromatic nitrogens is 4. The standard InChI is InChI=1S/C36H26N3O.C18H24NSi.Ir/c1-21(2)32-25-13-6-4-11-23(25)24-12-5-7-14-26(24)33(32)39-31-18-9-8-17-30(31)38-35(39)29-16-10-15-27-28-20-19-22(3)37-36(28)40-34(27)29;1-14(2)11-16-12-17(15-9-7-6-8-10-15)19-13-18(16)20(3,4)5;/h4-15,17-21H,1-3H3;6-9,12-14H,11H2,1-5H3;/q2*-1;. The summed E-state index contributed by atoms with van der Waals surface area (Å²) >= 11 is 0. The van der Waals surface area contributed by atoms with Gasteiger partial charge in [-0.15, -0.1) is 54.1 Å². The molecule has 4 aromatic heterocycles. The SMILES string of the molecule is CC(C)Cc1cc(-c2[c-]cccc2)ncc1[Si](C)(C)C.Cc1ccc2c(n1)oc1c(-c3nc4ccccc4n3-c3c(C(C)C)c4ccccc4c4ccccc34)[c-]ccc12.[Ir]. The van der Waals surface area contributed by atoms with E-state index < -0.39 is 8.07 Å². The van der Waals surface area contributed by atoms with Crippen molar-refractivity contribution in [2.24, 2.45) is 5.92 Å². The fourth-order valence-corrected chi connectivity index (χ4v) is 10.3. The van der Waals surface area contributed by atoms with E-state index >= 15 is 0 Å². The molecule has 0 aliphatic carbocycles. The molecule has 0 aliphatic rings. The zero-order valence-corrected chi connectivity index (χ0v) is 39.5. The van der Waals surface area contributed by atoms with Gasteiger partial charge in [0.15, 0.2) is 0 Å². The molecule has 0 saturated carbocycles. The number of rotatable bonds is 7. The second-order valence-corrected chi connectivity index (χ2v) is 22.7. The molecule has 0 amide bonds. The third kappa shape index (κ3) is 7.87. The summed E-state index contributed by atoms with van der Waals surface area (Å²) in [6.07, 6.45) is 3.24. The van der Waals surface area contributed by atoms with Crippen LogP contribution in [-0.4, -0.2) is 27.6 Å². The summed E-state index contributed by atoms with van der Waals surface area (Å²) in [6.45, 7) is 18.3. The molecule has 10 aromatic rings. The number of hydrogen-bond donors (Lipinski definition) is 0. The van der Waals surface area contributed by atoms with E-state index in [-0.39, 0.29) is 26.0 Å². The molecule has 5 nitrogen and oxygen atoms in total. The fourth-order valence-electron chi connectivity index (χ4n) is 8.76. The number of hydrogen-bond acceptors (Lipinski definition) is 4. The molecular weight excluding hydrogens is 941 g/mol. The number of aryl methyl sites for hydroxylation is 1. The van der Waals surface area contributed by atoms with Gasteiger partial charge in [-0.05, 0) is 82.0 Å². The van der Waals surface area contributed by atoms with E-state index in [0.717, 1.165) is 67.8 Å². The van der Waals surface area contributed by atoms with Crippen LogP contribution in [0.5, 0.6) is 0 Å². The monoisotopic (exact) mass is 991 g/mol. The summed E-state index contributed by atoms with van der Waals surface area (Å²) < 4.78 is 8.78. The topological polar surface area (TPSA) is 56.7 Å². The van der Waals surface area contributed by atoms with Gasteiger partial charge in [-0.1, -0.05) is 131 Å². The van der Waals surface area contributed by atoms with E-state index in [9.17, 15) is 0 Å². The van der Waals surface area contributed by atoms with Crippen LogP contribution in [0.1, 0.15) is 50.4 Å². The third-order valence-electron chi connectivity index (χ3n) is 11.4. The predicted molar refractivity (Wildman–Crippen MR) is 254 cm³/mol. The Hall–Kier alpha value is -5.72. The Kier molecular flexibility index (Phi) is 11.7. The van der Waals surface area contributed by atoms with Crippen LogP contribution in [0.4, 0.5) is 0 Å². The van der Waals surface area contributed by atoms with Crippen LogP contribution in [0.3, 0.4) is 0 Å². The Balaban J connectivity index is 0.000000208. The van der Waals surface area contributed by atoms with Crippen LogP contribution in [-0.2, 0) is 26.5 Å². The van der Waals surface area contributed by atoms with Gasteiger partial charge in [0.1, 0.15) is 0 Å². The molecule has 0 N–H and O–H groups in total. The van der Waals surface area contributed by atoms with E-state index in [0.29, 0.717) is 11.6 Å². The number of imidazole rings is 1. The maximum atomic E-state index is 6.45. The summed E-state index contributed by atoms with van der Waals surface area (Å²) in [4.78, 5) is 14.6. The zero-order chi connectivity index (χ0) is 41.7. The van der Waals surface area contributed by atoms with Crippen molar-refractivity contribution in [2.75, 3.05) is 0 Å². The summed E-state index contributed by atoms with van der Waals surface area (Å²) in [5.41, 5.74) is 11.2. The molecule has 0 fully saturated rings. The molecule has 307 valence electrons. The van der Waals surface area contributed by atoms with E-state index in [1.807, 2.05) is 43.3 Å². The molecule has 6 aromatic carbocycles. The first-order chi connectivity index (χ1) is 29.0. The van der Waals surface area contributed by atoms with Crippen LogP contribution in [0.15, 0.2) is 138 Å². The molecule has 0 atom stereocenters. The Bertz CT molecular complexity index is 3190.